The van der Waals surface area contributed by atoms with Crippen LogP contribution in [-0.4, -0.2) is 35.0 Å². The summed E-state index contributed by atoms with van der Waals surface area (Å²) in [5.74, 6) is 0.484. The molecule has 1 saturated heterocycles. The molecule has 0 spiro atoms. The molecule has 1 amide bonds. The van der Waals surface area contributed by atoms with Crippen molar-refractivity contribution in [3.8, 4) is 11.5 Å². The molecule has 3 N–H and O–H groups in total. The maximum absolute atomic E-state index is 13.2. The molecule has 0 saturated carbocycles. The summed E-state index contributed by atoms with van der Waals surface area (Å²) >= 11 is 0. The van der Waals surface area contributed by atoms with Gasteiger partial charge in [-0.3, -0.25) is 9.59 Å². The van der Waals surface area contributed by atoms with E-state index in [4.69, 9.17) is 9.47 Å². The van der Waals surface area contributed by atoms with Crippen molar-refractivity contribution in [2.24, 2.45) is 11.8 Å². The van der Waals surface area contributed by atoms with Gasteiger partial charge in [0.25, 0.3) is 5.56 Å². The zero-order valence-corrected chi connectivity index (χ0v) is 17.2. The summed E-state index contributed by atoms with van der Waals surface area (Å²) in [6, 6.07) is 8.82. The van der Waals surface area contributed by atoms with E-state index in [1.54, 1.807) is 16.7 Å². The molecule has 0 aliphatic carbocycles. The minimum absolute atomic E-state index is 0.0646. The van der Waals surface area contributed by atoms with Crippen LogP contribution in [0.15, 0.2) is 41.2 Å². The van der Waals surface area contributed by atoms with Crippen molar-refractivity contribution in [1.82, 2.24) is 15.2 Å². The number of aliphatic hydroxyl groups excluding tert-OH is 1. The van der Waals surface area contributed by atoms with E-state index in [2.05, 4.69) is 10.6 Å². The number of aliphatic hydroxyl groups is 1. The lowest BCUT2D eigenvalue weighted by atomic mass is 9.86. The van der Waals surface area contributed by atoms with Gasteiger partial charge in [-0.05, 0) is 36.8 Å². The highest BCUT2D eigenvalue weighted by molar-refractivity contribution is 5.80. The van der Waals surface area contributed by atoms with Crippen molar-refractivity contribution in [3.63, 3.8) is 0 Å². The molecular formula is C23H25N3O5. The number of allylic oxidation sites excluding steroid dienone is 1. The van der Waals surface area contributed by atoms with E-state index in [-0.39, 0.29) is 42.9 Å². The summed E-state index contributed by atoms with van der Waals surface area (Å²) in [5, 5.41) is 16.5. The molecule has 4 heterocycles. The number of aromatic nitrogens is 1. The fourth-order valence-corrected chi connectivity index (χ4v) is 4.93. The lowest BCUT2D eigenvalue weighted by Gasteiger charge is -2.28. The first kappa shape index (κ1) is 19.8. The molecule has 1 fully saturated rings. The van der Waals surface area contributed by atoms with Gasteiger partial charge in [-0.1, -0.05) is 18.2 Å². The number of nitrogens with one attached hydrogen (secondary N) is 2. The van der Waals surface area contributed by atoms with Gasteiger partial charge >= 0.3 is 0 Å². The molecular weight excluding hydrogens is 398 g/mol. The first-order valence-corrected chi connectivity index (χ1v) is 10.5. The monoisotopic (exact) mass is 423 g/mol. The Morgan fingerprint density at radius 3 is 2.94 bits per heavy atom. The summed E-state index contributed by atoms with van der Waals surface area (Å²) in [6.45, 7) is 2.73. The lowest BCUT2D eigenvalue weighted by Crippen LogP contribution is -2.43. The zero-order valence-electron chi connectivity index (χ0n) is 17.2. The molecule has 4 atom stereocenters. The normalized spacial score (nSPS) is 25.6. The van der Waals surface area contributed by atoms with E-state index in [1.165, 1.54) is 0 Å². The zero-order chi connectivity index (χ0) is 21.5. The Morgan fingerprint density at radius 2 is 2.13 bits per heavy atom. The highest BCUT2D eigenvalue weighted by atomic mass is 16.7. The number of hydrogen-bond donors (Lipinski definition) is 3. The van der Waals surface area contributed by atoms with Crippen molar-refractivity contribution in [1.29, 1.82) is 0 Å². The number of nitrogens with zero attached hydrogens (tertiary/aromatic N) is 1. The number of ether oxygens (including phenoxy) is 2. The number of fused-ring (bicyclic) bond motifs is 5. The molecule has 0 unspecified atom stereocenters. The third-order valence-corrected chi connectivity index (χ3v) is 6.43. The fourth-order valence-electron chi connectivity index (χ4n) is 4.93. The summed E-state index contributed by atoms with van der Waals surface area (Å²) in [4.78, 5) is 26.1. The maximum atomic E-state index is 13.2. The first-order valence-electron chi connectivity index (χ1n) is 10.5. The lowest BCUT2D eigenvalue weighted by molar-refractivity contribution is -0.127. The second-order valence-corrected chi connectivity index (χ2v) is 8.16. The van der Waals surface area contributed by atoms with Crippen molar-refractivity contribution in [2.45, 2.75) is 32.1 Å². The molecule has 8 heteroatoms. The Bertz CT molecular complexity index is 1110. The average Bonchev–Trinajstić information content (AvgIpc) is 3.36. The smallest absolute Gasteiger partial charge is 0.258 e. The van der Waals surface area contributed by atoms with E-state index >= 15 is 0 Å². The van der Waals surface area contributed by atoms with Gasteiger partial charge < -0.3 is 29.8 Å². The predicted molar refractivity (Wildman–Crippen MR) is 114 cm³/mol. The Kier molecular flexibility index (Phi) is 5.03. The van der Waals surface area contributed by atoms with Gasteiger partial charge in [-0.15, -0.1) is 0 Å². The standard InChI is InChI=1S/C23H25N3O5/c1-2-3-14-5-6-17-21-20(15(11-27)16(25-21)10-26(17)23(14)29)22(28)24-9-13-4-7-18-19(8-13)31-12-30-18/h2-8,15-16,20-21,25,27H,9-12H2,1H3,(H,24,28)/t15-,16-,20+,21+/m1/s1. The fraction of sp³-hybridized carbons (Fsp3) is 0.391. The van der Waals surface area contributed by atoms with Crippen molar-refractivity contribution < 1.29 is 19.4 Å². The Labute approximate surface area is 179 Å². The number of carbonyl (C=O) groups excluding carboxylic acids is 1. The second kappa shape index (κ2) is 7.86. The van der Waals surface area contributed by atoms with Crippen LogP contribution < -0.4 is 25.7 Å². The molecule has 162 valence electrons. The van der Waals surface area contributed by atoms with Gasteiger partial charge in [0, 0.05) is 42.9 Å². The molecule has 2 bridgehead atoms. The summed E-state index contributed by atoms with van der Waals surface area (Å²) < 4.78 is 12.5. The van der Waals surface area contributed by atoms with Gasteiger partial charge in [0.1, 0.15) is 0 Å². The number of hydrogen-bond acceptors (Lipinski definition) is 6. The molecule has 3 aliphatic heterocycles. The summed E-state index contributed by atoms with van der Waals surface area (Å²) in [7, 11) is 0. The topological polar surface area (TPSA) is 102 Å². The third kappa shape index (κ3) is 3.32. The highest BCUT2D eigenvalue weighted by Crippen LogP contribution is 2.41. The Hall–Kier alpha value is -3.10. The third-order valence-electron chi connectivity index (χ3n) is 6.43. The molecule has 3 aliphatic rings. The Morgan fingerprint density at radius 1 is 1.29 bits per heavy atom. The summed E-state index contributed by atoms with van der Waals surface area (Å²) in [6.07, 6.45) is 3.63. The van der Waals surface area contributed by atoms with E-state index in [9.17, 15) is 14.7 Å². The quantitative estimate of drug-likeness (QED) is 0.668. The Balaban J connectivity index is 1.39. The molecule has 2 aromatic rings. The summed E-state index contributed by atoms with van der Waals surface area (Å²) in [5.41, 5.74) is 2.25. The minimum Gasteiger partial charge on any atom is -0.454 e. The van der Waals surface area contributed by atoms with E-state index in [0.717, 1.165) is 11.3 Å². The number of pyridine rings is 1. The van der Waals surface area contributed by atoms with Gasteiger partial charge in [0.2, 0.25) is 12.7 Å². The second-order valence-electron chi connectivity index (χ2n) is 8.16. The SMILES string of the molecule is CC=Cc1ccc2n(c1=O)C[C@H]1N[C@@H]2[C@@H](C(=O)NCc2ccc3c(c2)OCO3)[C@@H]1CO. The molecule has 31 heavy (non-hydrogen) atoms. The minimum atomic E-state index is -0.468. The van der Waals surface area contributed by atoms with Crippen LogP contribution >= 0.6 is 0 Å². The molecule has 8 nitrogen and oxygen atoms in total. The van der Waals surface area contributed by atoms with Crippen LogP contribution in [0.3, 0.4) is 0 Å². The van der Waals surface area contributed by atoms with Gasteiger partial charge in [0.05, 0.1) is 12.0 Å². The van der Waals surface area contributed by atoms with Crippen LogP contribution in [0.4, 0.5) is 0 Å². The van der Waals surface area contributed by atoms with Gasteiger partial charge in [-0.25, -0.2) is 0 Å². The van der Waals surface area contributed by atoms with Gasteiger partial charge in [-0.2, -0.15) is 0 Å². The van der Waals surface area contributed by atoms with Crippen molar-refractivity contribution >= 4 is 12.0 Å². The van der Waals surface area contributed by atoms with Crippen LogP contribution in [0.5, 0.6) is 11.5 Å². The van der Waals surface area contributed by atoms with Crippen molar-refractivity contribution in [2.75, 3.05) is 13.4 Å². The molecule has 5 rings (SSSR count). The van der Waals surface area contributed by atoms with Crippen molar-refractivity contribution in [3.05, 3.63) is 63.6 Å². The molecule has 1 aromatic heterocycles. The highest BCUT2D eigenvalue weighted by Gasteiger charge is 2.50. The molecule has 1 aromatic carbocycles. The van der Waals surface area contributed by atoms with E-state index in [0.29, 0.717) is 30.2 Å². The van der Waals surface area contributed by atoms with Crippen LogP contribution in [0.25, 0.3) is 6.08 Å². The number of benzene rings is 1. The van der Waals surface area contributed by atoms with Crippen LogP contribution in [0, 0.1) is 11.8 Å². The number of carbonyl (C=O) groups is 1. The number of amides is 1. The first-order chi connectivity index (χ1) is 15.1. The largest absolute Gasteiger partial charge is 0.454 e. The maximum Gasteiger partial charge on any atom is 0.258 e. The number of rotatable bonds is 5. The average molecular weight is 423 g/mol. The van der Waals surface area contributed by atoms with E-state index < -0.39 is 5.92 Å². The molecule has 0 radical (unpaired) electrons. The predicted octanol–water partition coefficient (Wildman–Crippen LogP) is 1.18. The van der Waals surface area contributed by atoms with Crippen LogP contribution in [-0.2, 0) is 17.9 Å². The van der Waals surface area contributed by atoms with Crippen LogP contribution in [0.2, 0.25) is 0 Å². The van der Waals surface area contributed by atoms with Crippen LogP contribution in [0.1, 0.15) is 29.8 Å². The van der Waals surface area contributed by atoms with Gasteiger partial charge in [0.15, 0.2) is 11.5 Å². The van der Waals surface area contributed by atoms with E-state index in [1.807, 2.05) is 37.3 Å².